The molecular formula is C12H16BrN. The van der Waals surface area contributed by atoms with Gasteiger partial charge in [-0.2, -0.15) is 0 Å². The van der Waals surface area contributed by atoms with E-state index in [9.17, 15) is 0 Å². The van der Waals surface area contributed by atoms with Gasteiger partial charge in [0.1, 0.15) is 0 Å². The Kier molecular flexibility index (Phi) is 3.24. The molecule has 2 heteroatoms. The molecule has 1 N–H and O–H groups in total. The van der Waals surface area contributed by atoms with E-state index in [-0.39, 0.29) is 0 Å². The molecule has 0 radical (unpaired) electrons. The van der Waals surface area contributed by atoms with E-state index in [4.69, 9.17) is 0 Å². The molecule has 76 valence electrons. The van der Waals surface area contributed by atoms with Crippen LogP contribution < -0.4 is 5.32 Å². The minimum atomic E-state index is 0.538. The van der Waals surface area contributed by atoms with Gasteiger partial charge in [-0.1, -0.05) is 35.0 Å². The summed E-state index contributed by atoms with van der Waals surface area (Å²) in [7, 11) is 0. The van der Waals surface area contributed by atoms with Crippen molar-refractivity contribution in [3.8, 4) is 0 Å². The van der Waals surface area contributed by atoms with Crippen molar-refractivity contribution in [3.05, 3.63) is 34.3 Å². The van der Waals surface area contributed by atoms with Gasteiger partial charge in [0.15, 0.2) is 0 Å². The molecule has 0 unspecified atom stereocenters. The molecule has 1 atom stereocenters. The van der Waals surface area contributed by atoms with Crippen molar-refractivity contribution in [2.45, 2.75) is 38.3 Å². The predicted octanol–water partition coefficient (Wildman–Crippen LogP) is 3.65. The zero-order valence-corrected chi connectivity index (χ0v) is 10.0. The third-order valence-corrected chi connectivity index (χ3v) is 3.22. The van der Waals surface area contributed by atoms with Gasteiger partial charge in [-0.15, -0.1) is 0 Å². The molecule has 0 bridgehead atoms. The lowest BCUT2D eigenvalue weighted by atomic mass is 10.0. The van der Waals surface area contributed by atoms with Crippen molar-refractivity contribution >= 4 is 15.9 Å². The summed E-state index contributed by atoms with van der Waals surface area (Å²) in [6.07, 6.45) is 3.87. The summed E-state index contributed by atoms with van der Waals surface area (Å²) in [4.78, 5) is 0. The quantitative estimate of drug-likeness (QED) is 0.864. The first-order valence-electron chi connectivity index (χ1n) is 5.31. The van der Waals surface area contributed by atoms with Gasteiger partial charge in [0.05, 0.1) is 0 Å². The van der Waals surface area contributed by atoms with Crippen LogP contribution >= 0.6 is 15.9 Å². The molecule has 0 aliphatic heterocycles. The van der Waals surface area contributed by atoms with Crippen LogP contribution in [-0.2, 0) is 0 Å². The number of hydrogen-bond acceptors (Lipinski definition) is 1. The maximum atomic E-state index is 3.66. The normalized spacial score (nSPS) is 18.1. The molecule has 0 amide bonds. The SMILES string of the molecule is CC[C@@H](NC1CC1)c1ccc(Br)cc1. The Labute approximate surface area is 94.0 Å². The highest BCUT2D eigenvalue weighted by Gasteiger charge is 2.24. The summed E-state index contributed by atoms with van der Waals surface area (Å²) in [5, 5.41) is 3.66. The van der Waals surface area contributed by atoms with Gasteiger partial charge >= 0.3 is 0 Å². The number of hydrogen-bond donors (Lipinski definition) is 1. The maximum Gasteiger partial charge on any atom is 0.0320 e. The lowest BCUT2D eigenvalue weighted by Crippen LogP contribution is -2.22. The zero-order chi connectivity index (χ0) is 9.97. The monoisotopic (exact) mass is 253 g/mol. The molecule has 1 aliphatic rings. The van der Waals surface area contributed by atoms with Gasteiger partial charge < -0.3 is 5.32 Å². The minimum Gasteiger partial charge on any atom is -0.307 e. The van der Waals surface area contributed by atoms with E-state index < -0.39 is 0 Å². The molecular weight excluding hydrogens is 238 g/mol. The van der Waals surface area contributed by atoms with Crippen molar-refractivity contribution in [1.82, 2.24) is 5.32 Å². The molecule has 0 heterocycles. The van der Waals surface area contributed by atoms with Crippen molar-refractivity contribution in [3.63, 3.8) is 0 Å². The highest BCUT2D eigenvalue weighted by Crippen LogP contribution is 2.26. The van der Waals surface area contributed by atoms with E-state index in [1.165, 1.54) is 18.4 Å². The standard InChI is InChI=1S/C12H16BrN/c1-2-12(14-11-7-8-11)9-3-5-10(13)6-4-9/h3-6,11-12,14H,2,7-8H2,1H3/t12-/m1/s1. The fourth-order valence-corrected chi connectivity index (χ4v) is 1.94. The first-order valence-corrected chi connectivity index (χ1v) is 6.10. The number of rotatable bonds is 4. The highest BCUT2D eigenvalue weighted by molar-refractivity contribution is 9.10. The summed E-state index contributed by atoms with van der Waals surface area (Å²) in [6, 6.07) is 9.96. The average Bonchev–Trinajstić information content (AvgIpc) is 3.00. The number of benzene rings is 1. The van der Waals surface area contributed by atoms with Crippen LogP contribution in [0.4, 0.5) is 0 Å². The maximum absolute atomic E-state index is 3.66. The smallest absolute Gasteiger partial charge is 0.0320 e. The molecule has 1 saturated carbocycles. The van der Waals surface area contributed by atoms with Crippen LogP contribution in [0.3, 0.4) is 0 Å². The van der Waals surface area contributed by atoms with Crippen LogP contribution in [0, 0.1) is 0 Å². The van der Waals surface area contributed by atoms with Crippen LogP contribution in [0.5, 0.6) is 0 Å². The summed E-state index contributed by atoms with van der Waals surface area (Å²) in [5.41, 5.74) is 1.41. The summed E-state index contributed by atoms with van der Waals surface area (Å²) in [6.45, 7) is 2.24. The first kappa shape index (κ1) is 10.2. The van der Waals surface area contributed by atoms with E-state index in [0.29, 0.717) is 6.04 Å². The lowest BCUT2D eigenvalue weighted by Gasteiger charge is -2.16. The average molecular weight is 254 g/mol. The largest absolute Gasteiger partial charge is 0.307 e. The van der Waals surface area contributed by atoms with Crippen molar-refractivity contribution in [1.29, 1.82) is 0 Å². The Hall–Kier alpha value is -0.340. The summed E-state index contributed by atoms with van der Waals surface area (Å²) in [5.74, 6) is 0. The third-order valence-electron chi connectivity index (χ3n) is 2.69. The Morgan fingerprint density at radius 3 is 2.50 bits per heavy atom. The van der Waals surface area contributed by atoms with Gasteiger partial charge in [0.2, 0.25) is 0 Å². The minimum absolute atomic E-state index is 0.538. The van der Waals surface area contributed by atoms with Crippen molar-refractivity contribution in [2.75, 3.05) is 0 Å². The summed E-state index contributed by atoms with van der Waals surface area (Å²) < 4.78 is 1.16. The van der Waals surface area contributed by atoms with E-state index >= 15 is 0 Å². The first-order chi connectivity index (χ1) is 6.79. The molecule has 1 fully saturated rings. The Morgan fingerprint density at radius 2 is 2.00 bits per heavy atom. The lowest BCUT2D eigenvalue weighted by molar-refractivity contribution is 0.516. The molecule has 0 saturated heterocycles. The van der Waals surface area contributed by atoms with Gasteiger partial charge in [-0.05, 0) is 37.0 Å². The molecule has 1 nitrogen and oxygen atoms in total. The second-order valence-electron chi connectivity index (χ2n) is 3.95. The molecule has 1 aliphatic carbocycles. The van der Waals surface area contributed by atoms with Crippen molar-refractivity contribution in [2.24, 2.45) is 0 Å². The predicted molar refractivity (Wildman–Crippen MR) is 63.3 cm³/mol. The second-order valence-corrected chi connectivity index (χ2v) is 4.87. The highest BCUT2D eigenvalue weighted by atomic mass is 79.9. The van der Waals surface area contributed by atoms with Gasteiger partial charge in [-0.3, -0.25) is 0 Å². The number of halogens is 1. The Morgan fingerprint density at radius 1 is 1.36 bits per heavy atom. The fourth-order valence-electron chi connectivity index (χ4n) is 1.68. The van der Waals surface area contributed by atoms with Crippen LogP contribution in [-0.4, -0.2) is 6.04 Å². The van der Waals surface area contributed by atoms with Crippen LogP contribution in [0.25, 0.3) is 0 Å². The molecule has 1 aromatic carbocycles. The molecule has 2 rings (SSSR count). The topological polar surface area (TPSA) is 12.0 Å². The van der Waals surface area contributed by atoms with E-state index in [1.807, 2.05) is 0 Å². The Balaban J connectivity index is 2.05. The van der Waals surface area contributed by atoms with Gasteiger partial charge in [0.25, 0.3) is 0 Å². The van der Waals surface area contributed by atoms with Gasteiger partial charge in [-0.25, -0.2) is 0 Å². The van der Waals surface area contributed by atoms with Crippen LogP contribution in [0.1, 0.15) is 37.8 Å². The van der Waals surface area contributed by atoms with Crippen LogP contribution in [0.2, 0.25) is 0 Å². The van der Waals surface area contributed by atoms with E-state index in [2.05, 4.69) is 52.4 Å². The summed E-state index contributed by atoms with van der Waals surface area (Å²) >= 11 is 3.46. The van der Waals surface area contributed by atoms with E-state index in [0.717, 1.165) is 16.9 Å². The molecule has 1 aromatic rings. The van der Waals surface area contributed by atoms with Crippen LogP contribution in [0.15, 0.2) is 28.7 Å². The van der Waals surface area contributed by atoms with E-state index in [1.54, 1.807) is 0 Å². The third kappa shape index (κ3) is 2.58. The molecule has 14 heavy (non-hydrogen) atoms. The van der Waals surface area contributed by atoms with Gasteiger partial charge in [0, 0.05) is 16.6 Å². The fraction of sp³-hybridized carbons (Fsp3) is 0.500. The van der Waals surface area contributed by atoms with Crippen molar-refractivity contribution < 1.29 is 0 Å². The number of nitrogens with one attached hydrogen (secondary N) is 1. The second kappa shape index (κ2) is 4.45. The Bertz CT molecular complexity index is 290. The molecule has 0 aromatic heterocycles. The zero-order valence-electron chi connectivity index (χ0n) is 8.46. The molecule has 0 spiro atoms.